The molecule has 0 bridgehead atoms. The quantitative estimate of drug-likeness (QED) is 0.435. The van der Waals surface area contributed by atoms with Gasteiger partial charge in [0, 0.05) is 0 Å². The van der Waals surface area contributed by atoms with E-state index in [1.807, 2.05) is 0 Å². The Morgan fingerprint density at radius 3 is 2.73 bits per heavy atom. The van der Waals surface area contributed by atoms with Crippen molar-refractivity contribution in [2.24, 2.45) is 5.41 Å². The summed E-state index contributed by atoms with van der Waals surface area (Å²) in [5.41, 5.74) is -0.649. The van der Waals surface area contributed by atoms with Crippen molar-refractivity contribution in [3.8, 4) is 0 Å². The largest absolute Gasteiger partial charge is 0.368 e. The van der Waals surface area contributed by atoms with E-state index in [1.54, 1.807) is 6.92 Å². The Kier molecular flexibility index (Phi) is 1.91. The van der Waals surface area contributed by atoms with E-state index < -0.39 is 11.5 Å². The molecule has 11 heavy (non-hydrogen) atoms. The van der Waals surface area contributed by atoms with E-state index in [2.05, 4.69) is 6.58 Å². The monoisotopic (exact) mass is 154 g/mol. The fraction of sp³-hybridized carbons (Fsp3) is 0.500. The topological polar surface area (TPSA) is 43.4 Å². The van der Waals surface area contributed by atoms with Crippen molar-refractivity contribution in [2.75, 3.05) is 6.61 Å². The summed E-state index contributed by atoms with van der Waals surface area (Å²) in [4.78, 5) is 21.4. The highest BCUT2D eigenvalue weighted by molar-refractivity contribution is 5.97. The zero-order valence-electron chi connectivity index (χ0n) is 6.37. The first-order chi connectivity index (χ1) is 5.15. The van der Waals surface area contributed by atoms with E-state index in [-0.39, 0.29) is 5.78 Å². The first-order valence-electron chi connectivity index (χ1n) is 3.39. The van der Waals surface area contributed by atoms with Crippen LogP contribution < -0.4 is 0 Å². The fourth-order valence-electron chi connectivity index (χ4n) is 1.06. The number of hydrogen-bond acceptors (Lipinski definition) is 3. The molecule has 0 aromatic rings. The molecule has 1 aliphatic rings. The molecule has 1 fully saturated rings. The van der Waals surface area contributed by atoms with Crippen molar-refractivity contribution >= 4 is 12.1 Å². The molecule has 3 heteroatoms. The number of allylic oxidation sites excluding steroid dienone is 1. The standard InChI is InChI=1S/C8H10O3/c1-3-6(10)8(2)5-11-7(8)4-9/h3-4,7H,1,5H2,2H3. The molecule has 0 radical (unpaired) electrons. The minimum absolute atomic E-state index is 0.124. The second-order valence-corrected chi connectivity index (χ2v) is 2.85. The Bertz CT molecular complexity index is 209. The predicted molar refractivity (Wildman–Crippen MR) is 39.1 cm³/mol. The predicted octanol–water partition coefficient (Wildman–Crippen LogP) is 0.345. The van der Waals surface area contributed by atoms with Crippen molar-refractivity contribution in [3.63, 3.8) is 0 Å². The van der Waals surface area contributed by atoms with Gasteiger partial charge < -0.3 is 9.53 Å². The molecule has 60 valence electrons. The second-order valence-electron chi connectivity index (χ2n) is 2.85. The van der Waals surface area contributed by atoms with E-state index in [1.165, 1.54) is 6.08 Å². The number of carbonyl (C=O) groups is 2. The lowest BCUT2D eigenvalue weighted by Gasteiger charge is -2.41. The van der Waals surface area contributed by atoms with Gasteiger partial charge in [-0.3, -0.25) is 4.79 Å². The third-order valence-electron chi connectivity index (χ3n) is 2.06. The smallest absolute Gasteiger partial charge is 0.166 e. The number of ether oxygens (including phenoxy) is 1. The maximum Gasteiger partial charge on any atom is 0.166 e. The first kappa shape index (κ1) is 8.14. The van der Waals surface area contributed by atoms with Crippen molar-refractivity contribution in [3.05, 3.63) is 12.7 Å². The van der Waals surface area contributed by atoms with Crippen LogP contribution >= 0.6 is 0 Å². The minimum atomic E-state index is -0.649. The van der Waals surface area contributed by atoms with Gasteiger partial charge in [-0.05, 0) is 13.0 Å². The maximum absolute atomic E-state index is 11.1. The first-order valence-corrected chi connectivity index (χ1v) is 3.39. The summed E-state index contributed by atoms with van der Waals surface area (Å²) in [5.74, 6) is -0.124. The van der Waals surface area contributed by atoms with Gasteiger partial charge in [-0.1, -0.05) is 6.58 Å². The Morgan fingerprint density at radius 1 is 1.82 bits per heavy atom. The van der Waals surface area contributed by atoms with Crippen LogP contribution in [-0.2, 0) is 14.3 Å². The number of hydrogen-bond donors (Lipinski definition) is 0. The van der Waals surface area contributed by atoms with Gasteiger partial charge in [0.2, 0.25) is 0 Å². The minimum Gasteiger partial charge on any atom is -0.368 e. The molecule has 0 amide bonds. The van der Waals surface area contributed by atoms with Crippen LogP contribution in [-0.4, -0.2) is 24.8 Å². The van der Waals surface area contributed by atoms with Crippen LogP contribution in [0.3, 0.4) is 0 Å². The summed E-state index contributed by atoms with van der Waals surface area (Å²) in [6, 6.07) is 0. The molecule has 0 aromatic heterocycles. The third kappa shape index (κ3) is 1.01. The molecule has 1 rings (SSSR count). The molecule has 0 spiro atoms. The number of ketones is 1. The molecule has 0 N–H and O–H groups in total. The highest BCUT2D eigenvalue weighted by atomic mass is 16.5. The van der Waals surface area contributed by atoms with Gasteiger partial charge in [0.05, 0.1) is 12.0 Å². The molecule has 0 saturated carbocycles. The van der Waals surface area contributed by atoms with Crippen molar-refractivity contribution in [1.82, 2.24) is 0 Å². The lowest BCUT2D eigenvalue weighted by Crippen LogP contribution is -2.55. The van der Waals surface area contributed by atoms with Crippen LogP contribution in [0, 0.1) is 5.41 Å². The van der Waals surface area contributed by atoms with Gasteiger partial charge in [0.15, 0.2) is 5.78 Å². The van der Waals surface area contributed by atoms with Crippen LogP contribution in [0.1, 0.15) is 6.92 Å². The van der Waals surface area contributed by atoms with E-state index in [9.17, 15) is 9.59 Å². The van der Waals surface area contributed by atoms with Crippen molar-refractivity contribution in [1.29, 1.82) is 0 Å². The summed E-state index contributed by atoms with van der Waals surface area (Å²) >= 11 is 0. The molecule has 2 atom stereocenters. The van der Waals surface area contributed by atoms with Crippen LogP contribution in [0.2, 0.25) is 0 Å². The summed E-state index contributed by atoms with van der Waals surface area (Å²) in [7, 11) is 0. The van der Waals surface area contributed by atoms with Crippen molar-refractivity contribution < 1.29 is 14.3 Å². The highest BCUT2D eigenvalue weighted by Gasteiger charge is 2.48. The zero-order valence-corrected chi connectivity index (χ0v) is 6.37. The van der Waals surface area contributed by atoms with E-state index in [0.29, 0.717) is 12.9 Å². The highest BCUT2D eigenvalue weighted by Crippen LogP contribution is 2.34. The summed E-state index contributed by atoms with van der Waals surface area (Å²) in [5, 5.41) is 0. The van der Waals surface area contributed by atoms with Gasteiger partial charge >= 0.3 is 0 Å². The molecule has 1 saturated heterocycles. The summed E-state index contributed by atoms with van der Waals surface area (Å²) in [6.07, 6.45) is 1.32. The van der Waals surface area contributed by atoms with Gasteiger partial charge in [-0.15, -0.1) is 0 Å². The normalized spacial score (nSPS) is 35.5. The van der Waals surface area contributed by atoms with E-state index >= 15 is 0 Å². The van der Waals surface area contributed by atoms with E-state index in [0.717, 1.165) is 0 Å². The van der Waals surface area contributed by atoms with Gasteiger partial charge in [-0.25, -0.2) is 0 Å². The van der Waals surface area contributed by atoms with Gasteiger partial charge in [-0.2, -0.15) is 0 Å². The molecule has 1 aliphatic heterocycles. The molecule has 0 aliphatic carbocycles. The lowest BCUT2D eigenvalue weighted by molar-refractivity contribution is -0.182. The van der Waals surface area contributed by atoms with Gasteiger partial charge in [0.1, 0.15) is 12.4 Å². The van der Waals surface area contributed by atoms with E-state index in [4.69, 9.17) is 4.74 Å². The summed E-state index contributed by atoms with van der Waals surface area (Å²) < 4.78 is 4.88. The Hall–Kier alpha value is -0.960. The average Bonchev–Trinajstić information content (AvgIpc) is 2.00. The van der Waals surface area contributed by atoms with Crippen LogP contribution in [0.5, 0.6) is 0 Å². The van der Waals surface area contributed by atoms with Crippen LogP contribution in [0.4, 0.5) is 0 Å². The molecule has 3 nitrogen and oxygen atoms in total. The average molecular weight is 154 g/mol. The SMILES string of the molecule is C=CC(=O)C1(C)COC1C=O. The Balaban J connectivity index is 2.74. The molecular weight excluding hydrogens is 144 g/mol. The maximum atomic E-state index is 11.1. The zero-order chi connectivity index (χ0) is 8.48. The third-order valence-corrected chi connectivity index (χ3v) is 2.06. The number of rotatable bonds is 3. The lowest BCUT2D eigenvalue weighted by atomic mass is 9.77. The molecular formula is C8H10O3. The fourth-order valence-corrected chi connectivity index (χ4v) is 1.06. The Labute approximate surface area is 65.0 Å². The number of aldehydes is 1. The Morgan fingerprint density at radius 2 is 2.45 bits per heavy atom. The molecule has 1 heterocycles. The summed E-state index contributed by atoms with van der Waals surface area (Å²) in [6.45, 7) is 5.39. The van der Waals surface area contributed by atoms with Crippen LogP contribution in [0.15, 0.2) is 12.7 Å². The van der Waals surface area contributed by atoms with Crippen molar-refractivity contribution in [2.45, 2.75) is 13.0 Å². The second kappa shape index (κ2) is 2.58. The molecule has 0 aromatic carbocycles. The number of carbonyl (C=O) groups excluding carboxylic acids is 2. The molecule has 2 unspecified atom stereocenters. The van der Waals surface area contributed by atoms with Gasteiger partial charge in [0.25, 0.3) is 0 Å². The van der Waals surface area contributed by atoms with Crippen LogP contribution in [0.25, 0.3) is 0 Å².